The number of hydrogen-bond acceptors (Lipinski definition) is 3. The van der Waals surface area contributed by atoms with E-state index in [2.05, 4.69) is 4.72 Å². The Hall–Kier alpha value is -1.27. The number of hydrogen-bond donors (Lipinski definition) is 2. The average Bonchev–Trinajstić information content (AvgIpc) is 2.18. The summed E-state index contributed by atoms with van der Waals surface area (Å²) < 4.78 is 26.6. The van der Waals surface area contributed by atoms with E-state index in [1.807, 2.05) is 0 Å². The maximum atomic E-state index is 11.6. The Balaban J connectivity index is 3.14. The van der Waals surface area contributed by atoms with Crippen molar-refractivity contribution in [3.63, 3.8) is 0 Å². The molecule has 1 rings (SSSR count). The second-order valence-electron chi connectivity index (χ2n) is 2.89. The number of benzene rings is 1. The molecule has 1 aromatic rings. The van der Waals surface area contributed by atoms with Gasteiger partial charge in [-0.2, -0.15) is 8.42 Å². The van der Waals surface area contributed by atoms with Crippen LogP contribution < -0.4 is 9.03 Å². The maximum Gasteiger partial charge on any atom is 0.301 e. The summed E-state index contributed by atoms with van der Waals surface area (Å²) in [6.45, 7) is 2.02. The molecule has 0 aromatic heterocycles. The number of nitrogens with one attached hydrogen (secondary N) is 1. The van der Waals surface area contributed by atoms with Crippen LogP contribution in [0.3, 0.4) is 0 Å². The van der Waals surface area contributed by atoms with Gasteiger partial charge >= 0.3 is 10.2 Å². The molecule has 0 saturated heterocycles. The van der Waals surface area contributed by atoms with Crippen LogP contribution in [-0.4, -0.2) is 27.1 Å². The molecule has 0 unspecified atom stereocenters. The van der Waals surface area contributed by atoms with Gasteiger partial charge in [-0.3, -0.25) is 4.31 Å². The van der Waals surface area contributed by atoms with Crippen molar-refractivity contribution < 1.29 is 13.5 Å². The zero-order valence-electron chi connectivity index (χ0n) is 8.64. The van der Waals surface area contributed by atoms with Crippen molar-refractivity contribution in [3.05, 3.63) is 24.3 Å². The van der Waals surface area contributed by atoms with Crippen LogP contribution in [0.15, 0.2) is 24.3 Å². The number of phenols is 1. The minimum Gasteiger partial charge on any atom is -0.508 e. The monoisotopic (exact) mass is 230 g/mol. The molecule has 1 aromatic carbocycles. The first-order valence-electron chi connectivity index (χ1n) is 4.51. The van der Waals surface area contributed by atoms with Gasteiger partial charge in [-0.05, 0) is 19.1 Å². The van der Waals surface area contributed by atoms with E-state index in [1.54, 1.807) is 19.1 Å². The molecule has 84 valence electrons. The Morgan fingerprint density at radius 2 is 2.13 bits per heavy atom. The molecular weight excluding hydrogens is 216 g/mol. The molecule has 0 spiro atoms. The van der Waals surface area contributed by atoms with E-state index in [0.717, 1.165) is 0 Å². The lowest BCUT2D eigenvalue weighted by Crippen LogP contribution is -2.38. The summed E-state index contributed by atoms with van der Waals surface area (Å²) in [5.74, 6) is 0.0391. The van der Waals surface area contributed by atoms with Crippen LogP contribution in [0.1, 0.15) is 6.92 Å². The van der Waals surface area contributed by atoms with Gasteiger partial charge in [0.2, 0.25) is 0 Å². The Bertz CT molecular complexity index is 431. The van der Waals surface area contributed by atoms with E-state index >= 15 is 0 Å². The topological polar surface area (TPSA) is 69.6 Å². The lowest BCUT2D eigenvalue weighted by Gasteiger charge is -2.21. The van der Waals surface area contributed by atoms with E-state index < -0.39 is 10.2 Å². The first-order valence-corrected chi connectivity index (χ1v) is 5.95. The van der Waals surface area contributed by atoms with E-state index in [0.29, 0.717) is 12.2 Å². The van der Waals surface area contributed by atoms with Crippen LogP contribution in [0.25, 0.3) is 0 Å². The molecule has 0 radical (unpaired) electrons. The third-order valence-corrected chi connectivity index (χ3v) is 3.52. The summed E-state index contributed by atoms with van der Waals surface area (Å²) in [6.07, 6.45) is 0. The predicted molar refractivity (Wildman–Crippen MR) is 59.1 cm³/mol. The number of phenolic OH excluding ortho intramolecular Hbond substituents is 1. The summed E-state index contributed by atoms with van der Waals surface area (Å²) in [5, 5.41) is 9.25. The van der Waals surface area contributed by atoms with Crippen molar-refractivity contribution in [1.82, 2.24) is 4.72 Å². The second-order valence-corrected chi connectivity index (χ2v) is 4.69. The van der Waals surface area contributed by atoms with Gasteiger partial charge in [0.1, 0.15) is 5.75 Å². The number of rotatable bonds is 4. The van der Waals surface area contributed by atoms with Gasteiger partial charge < -0.3 is 5.11 Å². The van der Waals surface area contributed by atoms with Crippen molar-refractivity contribution in [2.45, 2.75) is 6.92 Å². The van der Waals surface area contributed by atoms with Crippen molar-refractivity contribution >= 4 is 15.9 Å². The van der Waals surface area contributed by atoms with Gasteiger partial charge in [-0.15, -0.1) is 0 Å². The number of anilines is 1. The average molecular weight is 230 g/mol. The molecule has 0 atom stereocenters. The number of nitrogens with zero attached hydrogens (tertiary/aromatic N) is 1. The molecular formula is C9H14N2O3S. The van der Waals surface area contributed by atoms with Crippen LogP contribution >= 0.6 is 0 Å². The summed E-state index contributed by atoms with van der Waals surface area (Å²) in [7, 11) is -2.16. The standard InChI is InChI=1S/C9H14N2O3S/c1-3-11(15(13,14)10-2)8-5-4-6-9(12)7-8/h4-7,10,12H,3H2,1-2H3. The van der Waals surface area contributed by atoms with E-state index in [9.17, 15) is 13.5 Å². The van der Waals surface area contributed by atoms with Crippen molar-refractivity contribution in [1.29, 1.82) is 0 Å². The van der Waals surface area contributed by atoms with Gasteiger partial charge in [0.25, 0.3) is 0 Å². The van der Waals surface area contributed by atoms with Crippen molar-refractivity contribution in [2.75, 3.05) is 17.9 Å². The van der Waals surface area contributed by atoms with Crippen LogP contribution in [-0.2, 0) is 10.2 Å². The molecule has 0 saturated carbocycles. The molecule has 0 bridgehead atoms. The summed E-state index contributed by atoms with van der Waals surface area (Å²) >= 11 is 0. The van der Waals surface area contributed by atoms with Gasteiger partial charge in [-0.1, -0.05) is 6.07 Å². The van der Waals surface area contributed by atoms with Crippen LogP contribution in [0.2, 0.25) is 0 Å². The van der Waals surface area contributed by atoms with Gasteiger partial charge in [-0.25, -0.2) is 4.72 Å². The van der Waals surface area contributed by atoms with Crippen LogP contribution in [0, 0.1) is 0 Å². The minimum absolute atomic E-state index is 0.0391. The first kappa shape index (κ1) is 11.8. The summed E-state index contributed by atoms with van der Waals surface area (Å²) in [4.78, 5) is 0. The van der Waals surface area contributed by atoms with Gasteiger partial charge in [0, 0.05) is 19.7 Å². The normalized spacial score (nSPS) is 11.3. The zero-order chi connectivity index (χ0) is 11.5. The molecule has 0 heterocycles. The minimum atomic E-state index is -3.51. The van der Waals surface area contributed by atoms with Crippen LogP contribution in [0.4, 0.5) is 5.69 Å². The molecule has 0 amide bonds. The molecule has 0 aliphatic carbocycles. The Kier molecular flexibility index (Phi) is 3.54. The fraction of sp³-hybridized carbons (Fsp3) is 0.333. The third-order valence-electron chi connectivity index (χ3n) is 1.95. The molecule has 15 heavy (non-hydrogen) atoms. The van der Waals surface area contributed by atoms with E-state index in [1.165, 1.54) is 23.5 Å². The highest BCUT2D eigenvalue weighted by Crippen LogP contribution is 2.21. The molecule has 2 N–H and O–H groups in total. The van der Waals surface area contributed by atoms with Crippen molar-refractivity contribution in [2.24, 2.45) is 0 Å². The quantitative estimate of drug-likeness (QED) is 0.799. The highest BCUT2D eigenvalue weighted by Gasteiger charge is 2.18. The van der Waals surface area contributed by atoms with E-state index in [4.69, 9.17) is 0 Å². The van der Waals surface area contributed by atoms with Crippen molar-refractivity contribution in [3.8, 4) is 5.75 Å². The Morgan fingerprint density at radius 1 is 1.47 bits per heavy atom. The highest BCUT2D eigenvalue weighted by molar-refractivity contribution is 7.90. The highest BCUT2D eigenvalue weighted by atomic mass is 32.2. The largest absolute Gasteiger partial charge is 0.508 e. The van der Waals surface area contributed by atoms with Crippen LogP contribution in [0.5, 0.6) is 5.75 Å². The predicted octanol–water partition coefficient (Wildman–Crippen LogP) is 0.683. The molecule has 0 fully saturated rings. The zero-order valence-corrected chi connectivity index (χ0v) is 9.45. The third kappa shape index (κ3) is 2.60. The van der Waals surface area contributed by atoms with Gasteiger partial charge in [0.05, 0.1) is 5.69 Å². The van der Waals surface area contributed by atoms with Gasteiger partial charge in [0.15, 0.2) is 0 Å². The smallest absolute Gasteiger partial charge is 0.301 e. The molecule has 6 heteroatoms. The molecule has 0 aliphatic rings. The van der Waals surface area contributed by atoms with E-state index in [-0.39, 0.29) is 5.75 Å². The Labute approximate surface area is 89.5 Å². The number of aromatic hydroxyl groups is 1. The lowest BCUT2D eigenvalue weighted by molar-refractivity contribution is 0.475. The fourth-order valence-corrected chi connectivity index (χ4v) is 2.20. The SMILES string of the molecule is CCN(c1cccc(O)c1)S(=O)(=O)NC. The summed E-state index contributed by atoms with van der Waals surface area (Å²) in [5.41, 5.74) is 0.437. The lowest BCUT2D eigenvalue weighted by atomic mass is 10.3. The Morgan fingerprint density at radius 3 is 2.60 bits per heavy atom. The molecule has 0 aliphatic heterocycles. The summed E-state index contributed by atoms with van der Waals surface area (Å²) in [6, 6.07) is 6.11. The first-order chi connectivity index (χ1) is 7.01. The maximum absolute atomic E-state index is 11.6. The second kappa shape index (κ2) is 4.50. The molecule has 5 nitrogen and oxygen atoms in total. The fourth-order valence-electron chi connectivity index (χ4n) is 1.25.